The molecular formula is C16H19N3O2S. The highest BCUT2D eigenvalue weighted by molar-refractivity contribution is 7.16. The van der Waals surface area contributed by atoms with E-state index in [1.807, 2.05) is 6.92 Å². The van der Waals surface area contributed by atoms with Crippen LogP contribution in [0.2, 0.25) is 0 Å². The van der Waals surface area contributed by atoms with Crippen LogP contribution in [0.15, 0.2) is 24.3 Å². The van der Waals surface area contributed by atoms with Crippen LogP contribution in [0.4, 0.5) is 5.13 Å². The molecule has 1 aromatic carbocycles. The first-order chi connectivity index (χ1) is 10.6. The Kier molecular flexibility index (Phi) is 4.52. The highest BCUT2D eigenvalue weighted by Gasteiger charge is 2.22. The second-order valence-corrected chi connectivity index (χ2v) is 6.56. The summed E-state index contributed by atoms with van der Waals surface area (Å²) < 4.78 is 5.31. The number of aromatic nitrogens is 1. The summed E-state index contributed by atoms with van der Waals surface area (Å²) in [5.74, 6) is -0.0936. The number of hydrogen-bond acceptors (Lipinski definition) is 5. The molecule has 22 heavy (non-hydrogen) atoms. The van der Waals surface area contributed by atoms with E-state index in [-0.39, 0.29) is 11.9 Å². The van der Waals surface area contributed by atoms with Crippen molar-refractivity contribution >= 4 is 22.4 Å². The van der Waals surface area contributed by atoms with E-state index in [1.165, 1.54) is 16.9 Å². The summed E-state index contributed by atoms with van der Waals surface area (Å²) >= 11 is 1.49. The molecule has 1 aliphatic rings. The fraction of sp³-hybridized carbons (Fsp3) is 0.375. The quantitative estimate of drug-likeness (QED) is 0.912. The van der Waals surface area contributed by atoms with Crippen molar-refractivity contribution in [2.45, 2.75) is 19.9 Å². The molecule has 2 heterocycles. The van der Waals surface area contributed by atoms with Gasteiger partial charge in [0.2, 0.25) is 5.91 Å². The topological polar surface area (TPSA) is 63.2 Å². The first-order valence-electron chi connectivity index (χ1n) is 7.30. The molecule has 1 aromatic heterocycles. The molecule has 2 aromatic rings. The van der Waals surface area contributed by atoms with Gasteiger partial charge >= 0.3 is 0 Å². The second-order valence-electron chi connectivity index (χ2n) is 5.36. The molecule has 6 heteroatoms. The second kappa shape index (κ2) is 6.56. The molecule has 1 fully saturated rings. The number of thiazole rings is 1. The van der Waals surface area contributed by atoms with Gasteiger partial charge in [0.1, 0.15) is 6.04 Å². The summed E-state index contributed by atoms with van der Waals surface area (Å²) in [5.41, 5.74) is 3.21. The Labute approximate surface area is 133 Å². The Morgan fingerprint density at radius 1 is 1.36 bits per heavy atom. The van der Waals surface area contributed by atoms with E-state index in [0.717, 1.165) is 16.1 Å². The number of rotatable bonds is 3. The molecule has 3 rings (SSSR count). The van der Waals surface area contributed by atoms with E-state index in [2.05, 4.69) is 46.8 Å². The molecule has 1 unspecified atom stereocenters. The molecule has 1 amide bonds. The van der Waals surface area contributed by atoms with Crippen LogP contribution >= 0.6 is 11.3 Å². The number of aryl methyl sites for hydroxylation is 2. The number of amides is 1. The zero-order valence-corrected chi connectivity index (χ0v) is 13.5. The van der Waals surface area contributed by atoms with E-state index < -0.39 is 0 Å². The van der Waals surface area contributed by atoms with Crippen molar-refractivity contribution in [1.29, 1.82) is 0 Å². The molecule has 0 saturated carbocycles. The van der Waals surface area contributed by atoms with Crippen molar-refractivity contribution in [2.24, 2.45) is 0 Å². The Balaban J connectivity index is 1.74. The Hall–Kier alpha value is -1.76. The minimum Gasteiger partial charge on any atom is -0.378 e. The van der Waals surface area contributed by atoms with Gasteiger partial charge in [-0.1, -0.05) is 29.8 Å². The third-order valence-electron chi connectivity index (χ3n) is 3.59. The van der Waals surface area contributed by atoms with Gasteiger partial charge in [0.15, 0.2) is 5.13 Å². The van der Waals surface area contributed by atoms with Crippen LogP contribution in [0.1, 0.15) is 10.4 Å². The third kappa shape index (κ3) is 3.35. The van der Waals surface area contributed by atoms with Gasteiger partial charge in [0.05, 0.1) is 18.9 Å². The average Bonchev–Trinajstić information content (AvgIpc) is 2.89. The minimum absolute atomic E-state index is 0.0936. The van der Waals surface area contributed by atoms with Gasteiger partial charge in [-0.15, -0.1) is 11.3 Å². The minimum atomic E-state index is -0.305. The van der Waals surface area contributed by atoms with E-state index in [4.69, 9.17) is 4.74 Å². The van der Waals surface area contributed by atoms with Crippen molar-refractivity contribution in [3.05, 3.63) is 34.7 Å². The number of carbonyl (C=O) groups is 1. The lowest BCUT2D eigenvalue weighted by Crippen LogP contribution is -2.48. The number of carbonyl (C=O) groups excluding carboxylic acids is 1. The van der Waals surface area contributed by atoms with Crippen molar-refractivity contribution in [2.75, 3.05) is 25.1 Å². The van der Waals surface area contributed by atoms with E-state index >= 15 is 0 Å². The summed E-state index contributed by atoms with van der Waals surface area (Å²) in [4.78, 5) is 17.8. The van der Waals surface area contributed by atoms with Crippen molar-refractivity contribution in [3.8, 4) is 11.3 Å². The number of nitrogens with zero attached hydrogens (tertiary/aromatic N) is 1. The molecule has 0 bridgehead atoms. The van der Waals surface area contributed by atoms with Gasteiger partial charge in [0.25, 0.3) is 0 Å². The molecule has 1 atom stereocenters. The van der Waals surface area contributed by atoms with Crippen molar-refractivity contribution in [3.63, 3.8) is 0 Å². The molecule has 2 N–H and O–H groups in total. The highest BCUT2D eigenvalue weighted by Crippen LogP contribution is 2.30. The monoisotopic (exact) mass is 317 g/mol. The number of nitrogens with one attached hydrogen (secondary N) is 2. The molecule has 1 aliphatic heterocycles. The number of ether oxygens (including phenoxy) is 1. The van der Waals surface area contributed by atoms with E-state index in [9.17, 15) is 4.79 Å². The van der Waals surface area contributed by atoms with Gasteiger partial charge < -0.3 is 15.4 Å². The van der Waals surface area contributed by atoms with Crippen LogP contribution in [0.25, 0.3) is 11.3 Å². The van der Waals surface area contributed by atoms with Crippen LogP contribution in [0.3, 0.4) is 0 Å². The van der Waals surface area contributed by atoms with Gasteiger partial charge in [0, 0.05) is 17.0 Å². The zero-order valence-electron chi connectivity index (χ0n) is 12.7. The maximum Gasteiger partial charge on any atom is 0.245 e. The van der Waals surface area contributed by atoms with Gasteiger partial charge in [-0.3, -0.25) is 4.79 Å². The van der Waals surface area contributed by atoms with E-state index in [1.54, 1.807) is 0 Å². The smallest absolute Gasteiger partial charge is 0.245 e. The van der Waals surface area contributed by atoms with Crippen molar-refractivity contribution < 1.29 is 9.53 Å². The van der Waals surface area contributed by atoms with Gasteiger partial charge in [-0.2, -0.15) is 0 Å². The summed E-state index contributed by atoms with van der Waals surface area (Å²) in [6.07, 6.45) is 0. The Morgan fingerprint density at radius 2 is 2.14 bits per heavy atom. The average molecular weight is 317 g/mol. The summed E-state index contributed by atoms with van der Waals surface area (Å²) in [5, 5.41) is 6.65. The first-order valence-corrected chi connectivity index (χ1v) is 8.11. The SMILES string of the molecule is Cc1ccc(-c2nc(NC(=O)C3COCCN3)sc2C)cc1. The zero-order chi connectivity index (χ0) is 15.5. The predicted molar refractivity (Wildman–Crippen MR) is 88.3 cm³/mol. The molecule has 5 nitrogen and oxygen atoms in total. The summed E-state index contributed by atoms with van der Waals surface area (Å²) in [6, 6.07) is 7.94. The third-order valence-corrected chi connectivity index (χ3v) is 4.48. The largest absolute Gasteiger partial charge is 0.378 e. The van der Waals surface area contributed by atoms with Crippen LogP contribution in [0.5, 0.6) is 0 Å². The summed E-state index contributed by atoms with van der Waals surface area (Å²) in [7, 11) is 0. The van der Waals surface area contributed by atoms with E-state index in [0.29, 0.717) is 24.9 Å². The number of morpholine rings is 1. The fourth-order valence-electron chi connectivity index (χ4n) is 2.36. The molecular weight excluding hydrogens is 298 g/mol. The number of benzene rings is 1. The highest BCUT2D eigenvalue weighted by atomic mass is 32.1. The molecule has 0 spiro atoms. The van der Waals surface area contributed by atoms with Crippen molar-refractivity contribution in [1.82, 2.24) is 10.3 Å². The Bertz CT molecular complexity index is 661. The van der Waals surface area contributed by atoms with Gasteiger partial charge in [-0.05, 0) is 13.8 Å². The lowest BCUT2D eigenvalue weighted by molar-refractivity contribution is -0.120. The fourth-order valence-corrected chi connectivity index (χ4v) is 3.19. The first kappa shape index (κ1) is 15.1. The number of hydrogen-bond donors (Lipinski definition) is 2. The standard InChI is InChI=1S/C16H19N3O2S/c1-10-3-5-12(6-4-10)14-11(2)22-16(18-14)19-15(20)13-9-21-8-7-17-13/h3-6,13,17H,7-9H2,1-2H3,(H,18,19,20). The molecule has 116 valence electrons. The molecule has 0 aliphatic carbocycles. The van der Waals surface area contributed by atoms with Crippen LogP contribution in [0, 0.1) is 13.8 Å². The van der Waals surface area contributed by atoms with Gasteiger partial charge in [-0.25, -0.2) is 4.98 Å². The number of anilines is 1. The predicted octanol–water partition coefficient (Wildman–Crippen LogP) is 2.35. The van der Waals surface area contributed by atoms with Crippen LogP contribution in [-0.2, 0) is 9.53 Å². The summed E-state index contributed by atoms with van der Waals surface area (Å²) in [6.45, 7) is 5.83. The lowest BCUT2D eigenvalue weighted by atomic mass is 10.1. The van der Waals surface area contributed by atoms with Crippen LogP contribution < -0.4 is 10.6 Å². The maximum absolute atomic E-state index is 12.2. The van der Waals surface area contributed by atoms with Crippen LogP contribution in [-0.4, -0.2) is 36.7 Å². The molecule has 1 saturated heterocycles. The normalized spacial score (nSPS) is 18.2. The molecule has 0 radical (unpaired) electrons. The lowest BCUT2D eigenvalue weighted by Gasteiger charge is -2.22. The Morgan fingerprint density at radius 3 is 2.82 bits per heavy atom. The maximum atomic E-state index is 12.2.